The van der Waals surface area contributed by atoms with Crippen LogP contribution in [0.15, 0.2) is 211 Å². The van der Waals surface area contributed by atoms with Gasteiger partial charge in [0.25, 0.3) is 0 Å². The molecule has 256 valence electrons. The third-order valence-corrected chi connectivity index (χ3v) is 11.2. The molecule has 0 saturated carbocycles. The average Bonchev–Trinajstić information content (AvgIpc) is 3.66. The number of hydrogen-bond acceptors (Lipinski definition) is 1. The van der Waals surface area contributed by atoms with Gasteiger partial charge < -0.3 is 4.42 Å². The van der Waals surface area contributed by atoms with Crippen molar-refractivity contribution < 1.29 is 4.42 Å². The van der Waals surface area contributed by atoms with Gasteiger partial charge in [-0.05, 0) is 107 Å². The Bertz CT molecular complexity index is 3230. The lowest BCUT2D eigenvalue weighted by Crippen LogP contribution is -1.92. The number of fused-ring (bicyclic) bond motifs is 7. The molecule has 0 aliphatic carbocycles. The lowest BCUT2D eigenvalue weighted by atomic mass is 9.84. The van der Waals surface area contributed by atoms with Gasteiger partial charge in [0.1, 0.15) is 11.2 Å². The summed E-state index contributed by atoms with van der Waals surface area (Å²) in [6, 6.07) is 74.7. The summed E-state index contributed by atoms with van der Waals surface area (Å²) in [4.78, 5) is 0. The van der Waals surface area contributed by atoms with Crippen LogP contribution < -0.4 is 0 Å². The van der Waals surface area contributed by atoms with E-state index in [-0.39, 0.29) is 0 Å². The van der Waals surface area contributed by atoms with E-state index in [9.17, 15) is 0 Å². The van der Waals surface area contributed by atoms with Crippen molar-refractivity contribution in [2.45, 2.75) is 0 Å². The molecule has 0 saturated heterocycles. The first-order valence-electron chi connectivity index (χ1n) is 18.9. The molecule has 1 heteroatoms. The second-order valence-corrected chi connectivity index (χ2v) is 14.4. The van der Waals surface area contributed by atoms with Crippen LogP contribution in [0.2, 0.25) is 0 Å². The largest absolute Gasteiger partial charge is 0.455 e. The second-order valence-electron chi connectivity index (χ2n) is 14.4. The molecule has 0 fully saturated rings. The number of hydrogen-bond donors (Lipinski definition) is 0. The normalized spacial score (nSPS) is 11.6. The SMILES string of the molecule is c1ccc(-c2ccc(-c3c4ccccc4c(-c4cccc(-c5cc6ccccc6c6c5oc5ccccc56)c4)c4ccc(-c5ccccc5)cc34)cc2)cc1. The molecule has 11 aromatic rings. The summed E-state index contributed by atoms with van der Waals surface area (Å²) in [7, 11) is 0. The van der Waals surface area contributed by atoms with Gasteiger partial charge in [-0.25, -0.2) is 0 Å². The molecule has 0 unspecified atom stereocenters. The van der Waals surface area contributed by atoms with Crippen molar-refractivity contribution in [3.63, 3.8) is 0 Å². The third-order valence-electron chi connectivity index (χ3n) is 11.2. The van der Waals surface area contributed by atoms with Crippen LogP contribution in [-0.4, -0.2) is 0 Å². The molecule has 0 spiro atoms. The van der Waals surface area contributed by atoms with E-state index in [0.29, 0.717) is 0 Å². The Morgan fingerprint density at radius 1 is 0.273 bits per heavy atom. The highest BCUT2D eigenvalue weighted by Gasteiger charge is 2.20. The molecule has 55 heavy (non-hydrogen) atoms. The van der Waals surface area contributed by atoms with E-state index in [0.717, 1.165) is 27.7 Å². The third kappa shape index (κ3) is 5.16. The zero-order valence-corrected chi connectivity index (χ0v) is 30.0. The minimum atomic E-state index is 0.907. The first kappa shape index (κ1) is 31.3. The van der Waals surface area contributed by atoms with Gasteiger partial charge >= 0.3 is 0 Å². The molecule has 0 bridgehead atoms. The van der Waals surface area contributed by atoms with Crippen LogP contribution >= 0.6 is 0 Å². The molecule has 0 aliphatic heterocycles. The highest BCUT2D eigenvalue weighted by molar-refractivity contribution is 6.24. The fraction of sp³-hybridized carbons (Fsp3) is 0. The summed E-state index contributed by atoms with van der Waals surface area (Å²) >= 11 is 0. The molecule has 11 rings (SSSR count). The van der Waals surface area contributed by atoms with E-state index in [1.165, 1.54) is 82.2 Å². The minimum Gasteiger partial charge on any atom is -0.455 e. The van der Waals surface area contributed by atoms with Gasteiger partial charge in [-0.2, -0.15) is 0 Å². The predicted octanol–water partition coefficient (Wildman–Crippen LogP) is 15.4. The monoisotopic (exact) mass is 698 g/mol. The molecule has 0 aliphatic rings. The van der Waals surface area contributed by atoms with Gasteiger partial charge in [0, 0.05) is 16.3 Å². The topological polar surface area (TPSA) is 13.1 Å². The number of benzene rings is 10. The molecule has 0 atom stereocenters. The predicted molar refractivity (Wildman–Crippen MR) is 233 cm³/mol. The van der Waals surface area contributed by atoms with Crippen molar-refractivity contribution in [1.82, 2.24) is 0 Å². The average molecular weight is 699 g/mol. The lowest BCUT2D eigenvalue weighted by Gasteiger charge is -2.19. The first-order valence-corrected chi connectivity index (χ1v) is 18.9. The van der Waals surface area contributed by atoms with Gasteiger partial charge in [-0.1, -0.05) is 182 Å². The molecular formula is C54H34O. The summed E-state index contributed by atoms with van der Waals surface area (Å²) in [6.45, 7) is 0. The highest BCUT2D eigenvalue weighted by Crippen LogP contribution is 2.47. The summed E-state index contributed by atoms with van der Waals surface area (Å²) < 4.78 is 6.69. The Labute approximate surface area is 319 Å². The van der Waals surface area contributed by atoms with Gasteiger partial charge in [0.2, 0.25) is 0 Å². The Morgan fingerprint density at radius 3 is 1.53 bits per heavy atom. The molecule has 1 nitrogen and oxygen atoms in total. The standard InChI is InChI=1S/C54H34O/c1-3-14-35(15-4-1)37-26-28-38(29-27-37)51-44-22-9-10-23-45(44)52(46-31-30-39(33-49(46)51)36-16-5-2-6-17-36)42-20-13-19-40(32-42)48-34-41-18-7-8-21-43(41)53-47-24-11-12-25-50(47)55-54(48)53/h1-34H. The van der Waals surface area contributed by atoms with Crippen molar-refractivity contribution in [3.8, 4) is 55.6 Å². The molecule has 0 amide bonds. The zero-order valence-electron chi connectivity index (χ0n) is 30.0. The molecule has 1 heterocycles. The summed E-state index contributed by atoms with van der Waals surface area (Å²) in [5.74, 6) is 0. The maximum atomic E-state index is 6.69. The summed E-state index contributed by atoms with van der Waals surface area (Å²) in [5.41, 5.74) is 13.8. The van der Waals surface area contributed by atoms with Crippen molar-refractivity contribution in [1.29, 1.82) is 0 Å². The van der Waals surface area contributed by atoms with E-state index < -0.39 is 0 Å². The smallest absolute Gasteiger partial charge is 0.143 e. The number of rotatable bonds is 5. The van der Waals surface area contributed by atoms with Gasteiger partial charge in [-0.15, -0.1) is 0 Å². The van der Waals surface area contributed by atoms with Gasteiger partial charge in [0.05, 0.1) is 0 Å². The number of para-hydroxylation sites is 1. The van der Waals surface area contributed by atoms with E-state index >= 15 is 0 Å². The van der Waals surface area contributed by atoms with Crippen LogP contribution in [0.4, 0.5) is 0 Å². The molecule has 1 aromatic heterocycles. The molecular weight excluding hydrogens is 665 g/mol. The van der Waals surface area contributed by atoms with Crippen LogP contribution in [-0.2, 0) is 0 Å². The van der Waals surface area contributed by atoms with E-state index in [4.69, 9.17) is 4.42 Å². The maximum Gasteiger partial charge on any atom is 0.143 e. The Kier molecular flexibility index (Phi) is 7.25. The molecule has 0 N–H and O–H groups in total. The second kappa shape index (κ2) is 12.7. The fourth-order valence-corrected chi connectivity index (χ4v) is 8.70. The molecule has 10 aromatic carbocycles. The summed E-state index contributed by atoms with van der Waals surface area (Å²) in [6.07, 6.45) is 0. The highest BCUT2D eigenvalue weighted by atomic mass is 16.3. The Balaban J connectivity index is 1.17. The minimum absolute atomic E-state index is 0.907. The van der Waals surface area contributed by atoms with Crippen LogP contribution in [0.25, 0.3) is 110 Å². The maximum absolute atomic E-state index is 6.69. The Hall–Kier alpha value is -7.22. The van der Waals surface area contributed by atoms with E-state index in [2.05, 4.69) is 200 Å². The van der Waals surface area contributed by atoms with E-state index in [1.807, 2.05) is 6.07 Å². The van der Waals surface area contributed by atoms with Crippen molar-refractivity contribution >= 4 is 54.3 Å². The Morgan fingerprint density at radius 2 is 0.782 bits per heavy atom. The van der Waals surface area contributed by atoms with E-state index in [1.54, 1.807) is 0 Å². The lowest BCUT2D eigenvalue weighted by molar-refractivity contribution is 0.670. The van der Waals surface area contributed by atoms with Gasteiger partial charge in [0.15, 0.2) is 0 Å². The van der Waals surface area contributed by atoms with Crippen LogP contribution in [0.5, 0.6) is 0 Å². The van der Waals surface area contributed by atoms with Gasteiger partial charge in [-0.3, -0.25) is 0 Å². The van der Waals surface area contributed by atoms with Crippen molar-refractivity contribution in [3.05, 3.63) is 206 Å². The fourth-order valence-electron chi connectivity index (χ4n) is 8.70. The molecule has 0 radical (unpaired) electrons. The van der Waals surface area contributed by atoms with Crippen LogP contribution in [0, 0.1) is 0 Å². The van der Waals surface area contributed by atoms with Crippen LogP contribution in [0.3, 0.4) is 0 Å². The van der Waals surface area contributed by atoms with Crippen LogP contribution in [0.1, 0.15) is 0 Å². The van der Waals surface area contributed by atoms with Crippen molar-refractivity contribution in [2.24, 2.45) is 0 Å². The number of furan rings is 1. The summed E-state index contributed by atoms with van der Waals surface area (Å²) in [5, 5.41) is 9.65. The zero-order chi connectivity index (χ0) is 36.3. The van der Waals surface area contributed by atoms with Crippen molar-refractivity contribution in [2.75, 3.05) is 0 Å². The quantitative estimate of drug-likeness (QED) is 0.163. The first-order chi connectivity index (χ1) is 27.3.